The number of amides is 1. The first kappa shape index (κ1) is 13.6. The number of carbonyl (C=O) groups excluding carboxylic acids is 1. The van der Waals surface area contributed by atoms with Gasteiger partial charge in [-0.2, -0.15) is 0 Å². The number of thiophene rings is 1. The van der Waals surface area contributed by atoms with Crippen LogP contribution in [-0.4, -0.2) is 11.1 Å². The van der Waals surface area contributed by atoms with Crippen molar-refractivity contribution in [2.75, 3.05) is 0 Å². The van der Waals surface area contributed by atoms with Crippen molar-refractivity contribution in [2.45, 2.75) is 0 Å². The number of hydrogen-bond acceptors (Lipinski definition) is 4. The summed E-state index contributed by atoms with van der Waals surface area (Å²) in [7, 11) is 0. The largest absolute Gasteiger partial charge is 0.300 e. The maximum atomic E-state index is 11.9. The zero-order chi connectivity index (χ0) is 13.9. The van der Waals surface area contributed by atoms with Crippen LogP contribution in [0, 0.1) is 0 Å². The number of amidine groups is 1. The first-order chi connectivity index (χ1) is 9.70. The molecule has 20 heavy (non-hydrogen) atoms. The molecule has 100 valence electrons. The van der Waals surface area contributed by atoms with Gasteiger partial charge < -0.3 is 5.32 Å². The van der Waals surface area contributed by atoms with Gasteiger partial charge in [0.15, 0.2) is 5.17 Å². The van der Waals surface area contributed by atoms with E-state index >= 15 is 0 Å². The summed E-state index contributed by atoms with van der Waals surface area (Å²) in [6.07, 6.45) is 1.88. The number of nitrogens with one attached hydrogen (secondary N) is 1. The fraction of sp³-hybridized carbons (Fsp3) is 0. The molecule has 0 unspecified atom stereocenters. The van der Waals surface area contributed by atoms with E-state index < -0.39 is 0 Å². The Hall–Kier alpha value is -1.37. The lowest BCUT2D eigenvalue weighted by Gasteiger charge is -1.96. The van der Waals surface area contributed by atoms with Gasteiger partial charge in [-0.05, 0) is 53.5 Å². The number of halogens is 1. The molecule has 1 aromatic heterocycles. The molecule has 1 amide bonds. The summed E-state index contributed by atoms with van der Waals surface area (Å²) < 4.78 is 1.00. The van der Waals surface area contributed by atoms with Crippen LogP contribution in [0.5, 0.6) is 0 Å². The Labute approximate surface area is 132 Å². The lowest BCUT2D eigenvalue weighted by atomic mass is 10.3. The van der Waals surface area contributed by atoms with E-state index in [0.29, 0.717) is 10.1 Å². The Morgan fingerprint density at radius 3 is 2.70 bits per heavy atom. The molecule has 3 nitrogen and oxygen atoms in total. The number of benzene rings is 1. The highest BCUT2D eigenvalue weighted by Gasteiger charge is 2.23. The molecule has 0 aliphatic carbocycles. The molecule has 0 bridgehead atoms. The number of aliphatic imine (C=N–C) groups is 1. The van der Waals surface area contributed by atoms with E-state index in [0.717, 1.165) is 15.0 Å². The molecule has 0 spiro atoms. The molecular formula is C14H9BrN2OS2. The minimum atomic E-state index is -0.0979. The fourth-order valence-electron chi connectivity index (χ4n) is 1.62. The first-order valence-electron chi connectivity index (χ1n) is 5.79. The van der Waals surface area contributed by atoms with Crippen molar-refractivity contribution in [3.63, 3.8) is 0 Å². The molecule has 3 rings (SSSR count). The second-order valence-electron chi connectivity index (χ2n) is 3.97. The molecule has 1 fully saturated rings. The molecular weight excluding hydrogens is 356 g/mol. The van der Waals surface area contributed by atoms with Crippen LogP contribution in [0.2, 0.25) is 0 Å². The zero-order valence-corrected chi connectivity index (χ0v) is 13.4. The lowest BCUT2D eigenvalue weighted by Crippen LogP contribution is -2.19. The van der Waals surface area contributed by atoms with Crippen LogP contribution in [-0.2, 0) is 4.79 Å². The Balaban J connectivity index is 1.81. The van der Waals surface area contributed by atoms with Gasteiger partial charge in [-0.1, -0.05) is 22.0 Å². The summed E-state index contributed by atoms with van der Waals surface area (Å²) >= 11 is 6.34. The Morgan fingerprint density at radius 2 is 2.00 bits per heavy atom. The Morgan fingerprint density at radius 1 is 1.20 bits per heavy atom. The van der Waals surface area contributed by atoms with Gasteiger partial charge in [0.25, 0.3) is 5.91 Å². The van der Waals surface area contributed by atoms with Crippen molar-refractivity contribution in [2.24, 2.45) is 4.99 Å². The molecule has 0 atom stereocenters. The lowest BCUT2D eigenvalue weighted by molar-refractivity contribution is -0.115. The van der Waals surface area contributed by atoms with Gasteiger partial charge in [0.05, 0.1) is 10.6 Å². The van der Waals surface area contributed by atoms with Crippen LogP contribution in [0.1, 0.15) is 4.88 Å². The topological polar surface area (TPSA) is 41.5 Å². The van der Waals surface area contributed by atoms with E-state index in [1.165, 1.54) is 11.8 Å². The van der Waals surface area contributed by atoms with E-state index in [4.69, 9.17) is 0 Å². The Kier molecular flexibility index (Phi) is 4.05. The van der Waals surface area contributed by atoms with Crippen molar-refractivity contribution in [1.29, 1.82) is 0 Å². The second-order valence-corrected chi connectivity index (χ2v) is 6.90. The van der Waals surface area contributed by atoms with Crippen molar-refractivity contribution in [3.05, 3.63) is 56.0 Å². The molecule has 1 aliphatic rings. The predicted octanol–water partition coefficient (Wildman–Crippen LogP) is 4.40. The van der Waals surface area contributed by atoms with Crippen molar-refractivity contribution < 1.29 is 4.79 Å². The van der Waals surface area contributed by atoms with Crippen LogP contribution in [0.25, 0.3) is 6.08 Å². The van der Waals surface area contributed by atoms with Gasteiger partial charge >= 0.3 is 0 Å². The van der Waals surface area contributed by atoms with E-state index in [1.54, 1.807) is 11.3 Å². The van der Waals surface area contributed by atoms with E-state index in [9.17, 15) is 4.79 Å². The van der Waals surface area contributed by atoms with E-state index in [2.05, 4.69) is 26.2 Å². The summed E-state index contributed by atoms with van der Waals surface area (Å²) in [5.41, 5.74) is 0.813. The zero-order valence-electron chi connectivity index (χ0n) is 10.2. The molecule has 6 heteroatoms. The van der Waals surface area contributed by atoms with Gasteiger partial charge in [-0.3, -0.25) is 4.79 Å². The smallest absolute Gasteiger partial charge is 0.264 e. The van der Waals surface area contributed by atoms with Crippen LogP contribution >= 0.6 is 39.0 Å². The number of rotatable bonds is 2. The SMILES string of the molecule is O=C1NC(=Nc2ccc(Br)cc2)SC1=Cc1cccs1. The second kappa shape index (κ2) is 5.95. The minimum Gasteiger partial charge on any atom is -0.300 e. The third-order valence-corrected chi connectivity index (χ3v) is 4.78. The quantitative estimate of drug-likeness (QED) is 0.802. The van der Waals surface area contributed by atoms with Crippen molar-refractivity contribution in [1.82, 2.24) is 5.32 Å². The monoisotopic (exact) mass is 364 g/mol. The Bertz CT molecular complexity index is 690. The van der Waals surface area contributed by atoms with Crippen LogP contribution < -0.4 is 5.32 Å². The first-order valence-corrected chi connectivity index (χ1v) is 8.28. The summed E-state index contributed by atoms with van der Waals surface area (Å²) in [4.78, 5) is 18.0. The van der Waals surface area contributed by atoms with E-state index in [1.807, 2.05) is 47.9 Å². The highest BCUT2D eigenvalue weighted by Crippen LogP contribution is 2.29. The molecule has 2 heterocycles. The molecule has 1 aliphatic heterocycles. The predicted molar refractivity (Wildman–Crippen MR) is 89.3 cm³/mol. The summed E-state index contributed by atoms with van der Waals surface area (Å²) in [5, 5.41) is 5.38. The van der Waals surface area contributed by atoms with Crippen LogP contribution in [0.15, 0.2) is 56.1 Å². The van der Waals surface area contributed by atoms with Crippen LogP contribution in [0.3, 0.4) is 0 Å². The van der Waals surface area contributed by atoms with Gasteiger partial charge in [-0.25, -0.2) is 4.99 Å². The molecule has 2 aromatic rings. The highest BCUT2D eigenvalue weighted by atomic mass is 79.9. The van der Waals surface area contributed by atoms with Gasteiger partial charge in [0, 0.05) is 9.35 Å². The molecule has 0 radical (unpaired) electrons. The van der Waals surface area contributed by atoms with Crippen molar-refractivity contribution in [3.8, 4) is 0 Å². The average molecular weight is 365 g/mol. The average Bonchev–Trinajstić information content (AvgIpc) is 3.04. The number of hydrogen-bond donors (Lipinski definition) is 1. The maximum Gasteiger partial charge on any atom is 0.264 e. The number of carbonyl (C=O) groups is 1. The third-order valence-electron chi connectivity index (χ3n) is 2.52. The standard InChI is InChI=1S/C14H9BrN2OS2/c15-9-3-5-10(6-4-9)16-14-17-13(18)12(20-14)8-11-2-1-7-19-11/h1-8H,(H,16,17,18). The maximum absolute atomic E-state index is 11.9. The normalized spacial score (nSPS) is 18.8. The summed E-state index contributed by atoms with van der Waals surface area (Å²) in [6, 6.07) is 11.6. The third kappa shape index (κ3) is 3.20. The molecule has 1 aromatic carbocycles. The summed E-state index contributed by atoms with van der Waals surface area (Å²) in [6.45, 7) is 0. The number of nitrogens with zero attached hydrogens (tertiary/aromatic N) is 1. The highest BCUT2D eigenvalue weighted by molar-refractivity contribution is 9.10. The molecule has 0 saturated carbocycles. The summed E-state index contributed by atoms with van der Waals surface area (Å²) in [5.74, 6) is -0.0979. The van der Waals surface area contributed by atoms with Gasteiger partial charge in [0.2, 0.25) is 0 Å². The molecule has 1 N–H and O–H groups in total. The van der Waals surface area contributed by atoms with Crippen LogP contribution in [0.4, 0.5) is 5.69 Å². The van der Waals surface area contributed by atoms with Gasteiger partial charge in [-0.15, -0.1) is 11.3 Å². The molecule has 1 saturated heterocycles. The number of thioether (sulfide) groups is 1. The minimum absolute atomic E-state index is 0.0979. The van der Waals surface area contributed by atoms with Gasteiger partial charge in [0.1, 0.15) is 0 Å². The fourth-order valence-corrected chi connectivity index (χ4v) is 3.44. The van der Waals surface area contributed by atoms with Crippen molar-refractivity contribution >= 4 is 61.9 Å². The van der Waals surface area contributed by atoms with E-state index in [-0.39, 0.29) is 5.91 Å².